The highest BCUT2D eigenvalue weighted by Crippen LogP contribution is 2.37. The molecule has 0 radical (unpaired) electrons. The molecule has 0 fully saturated rings. The van der Waals surface area contributed by atoms with Gasteiger partial charge in [-0.25, -0.2) is 22.8 Å². The summed E-state index contributed by atoms with van der Waals surface area (Å²) in [7, 11) is -4.11. The van der Waals surface area contributed by atoms with E-state index in [0.29, 0.717) is 11.3 Å². The summed E-state index contributed by atoms with van der Waals surface area (Å²) in [6.45, 7) is 11.1. The molecule has 3 aromatic rings. The molecular formula is C25H33FN6O5S. The van der Waals surface area contributed by atoms with Crippen molar-refractivity contribution in [3.8, 4) is 17.1 Å². The Labute approximate surface area is 221 Å². The van der Waals surface area contributed by atoms with Crippen molar-refractivity contribution in [2.24, 2.45) is 0 Å². The van der Waals surface area contributed by atoms with E-state index in [1.54, 1.807) is 17.0 Å². The third kappa shape index (κ3) is 6.11. The number of aryl methyl sites for hydroxylation is 1. The van der Waals surface area contributed by atoms with E-state index >= 15 is 0 Å². The topological polar surface area (TPSA) is 130 Å². The molecule has 0 bridgehead atoms. The Morgan fingerprint density at radius 2 is 1.84 bits per heavy atom. The zero-order chi connectivity index (χ0) is 27.6. The molecule has 206 valence electrons. The zero-order valence-corrected chi connectivity index (χ0v) is 23.1. The van der Waals surface area contributed by atoms with Crippen molar-refractivity contribution in [1.29, 1.82) is 0 Å². The van der Waals surface area contributed by atoms with Gasteiger partial charge >= 0.3 is 0 Å². The van der Waals surface area contributed by atoms with Crippen LogP contribution >= 0.6 is 0 Å². The van der Waals surface area contributed by atoms with E-state index in [1.807, 2.05) is 34.6 Å². The highest BCUT2D eigenvalue weighted by atomic mass is 32.2. The van der Waals surface area contributed by atoms with Crippen LogP contribution in [0.4, 0.5) is 10.3 Å². The summed E-state index contributed by atoms with van der Waals surface area (Å²) < 4.78 is 63.3. The normalized spacial score (nSPS) is 16.9. The number of hydrogen-bond acceptors (Lipinski definition) is 9. The molecular weight excluding hydrogens is 515 g/mol. The lowest BCUT2D eigenvalue weighted by molar-refractivity contribution is 0.00151. The molecule has 1 aromatic carbocycles. The molecule has 0 aliphatic carbocycles. The number of nitrogens with one attached hydrogen (secondary N) is 1. The largest absolute Gasteiger partial charge is 0.491 e. The van der Waals surface area contributed by atoms with Gasteiger partial charge in [0.25, 0.3) is 0 Å². The molecule has 38 heavy (non-hydrogen) atoms. The molecule has 0 spiro atoms. The maximum atomic E-state index is 14.2. The van der Waals surface area contributed by atoms with Crippen molar-refractivity contribution in [1.82, 2.24) is 24.7 Å². The van der Waals surface area contributed by atoms with Crippen LogP contribution in [-0.4, -0.2) is 63.8 Å². The van der Waals surface area contributed by atoms with Gasteiger partial charge in [-0.3, -0.25) is 9.29 Å². The number of sulfonamides is 1. The van der Waals surface area contributed by atoms with Gasteiger partial charge in [-0.2, -0.15) is 0 Å². The van der Waals surface area contributed by atoms with Crippen molar-refractivity contribution < 1.29 is 27.0 Å². The van der Waals surface area contributed by atoms with Gasteiger partial charge < -0.3 is 14.2 Å². The Bertz CT molecular complexity index is 1360. The fraction of sp³-hybridized carbons (Fsp3) is 0.520. The van der Waals surface area contributed by atoms with E-state index < -0.39 is 33.2 Å². The molecule has 0 saturated carbocycles. The molecule has 11 nitrogen and oxygen atoms in total. The number of hydrogen-bond donors (Lipinski definition) is 1. The molecule has 3 heterocycles. The number of aromatic nitrogens is 5. The summed E-state index contributed by atoms with van der Waals surface area (Å²) >= 11 is 0. The Kier molecular flexibility index (Phi) is 8.28. The predicted molar refractivity (Wildman–Crippen MR) is 139 cm³/mol. The number of fused-ring (bicyclic) bond motifs is 3. The monoisotopic (exact) mass is 548 g/mol. The van der Waals surface area contributed by atoms with Gasteiger partial charge in [0, 0.05) is 12.4 Å². The maximum Gasteiger partial charge on any atom is 0.240 e. The third-order valence-corrected chi connectivity index (χ3v) is 7.61. The number of rotatable bonds is 10. The number of ether oxygens (including phenoxy) is 3. The van der Waals surface area contributed by atoms with Crippen LogP contribution in [0.15, 0.2) is 30.6 Å². The Morgan fingerprint density at radius 3 is 2.50 bits per heavy atom. The van der Waals surface area contributed by atoms with E-state index in [2.05, 4.69) is 24.9 Å². The molecule has 0 amide bonds. The van der Waals surface area contributed by atoms with Gasteiger partial charge in [0.1, 0.15) is 29.5 Å². The second-order valence-electron chi connectivity index (χ2n) is 9.78. The van der Waals surface area contributed by atoms with Crippen LogP contribution in [0.5, 0.6) is 5.75 Å². The Balaban J connectivity index is 1.72. The van der Waals surface area contributed by atoms with Crippen LogP contribution in [0.3, 0.4) is 0 Å². The summed E-state index contributed by atoms with van der Waals surface area (Å²) in [5, 5.41) is 7.24. The molecule has 4 rings (SSSR count). The predicted octanol–water partition coefficient (Wildman–Crippen LogP) is 3.84. The summed E-state index contributed by atoms with van der Waals surface area (Å²) in [6, 6.07) is 3.59. The van der Waals surface area contributed by atoms with Gasteiger partial charge in [-0.05, 0) is 65.3 Å². The summed E-state index contributed by atoms with van der Waals surface area (Å²) in [6.07, 6.45) is 1.91. The van der Waals surface area contributed by atoms with Gasteiger partial charge in [0.15, 0.2) is 11.6 Å². The summed E-state index contributed by atoms with van der Waals surface area (Å²) in [5.74, 6) is 0.399. The fourth-order valence-corrected chi connectivity index (χ4v) is 5.08. The first-order valence-electron chi connectivity index (χ1n) is 12.4. The minimum absolute atomic E-state index is 0.0435. The van der Waals surface area contributed by atoms with E-state index in [4.69, 9.17) is 14.2 Å². The lowest BCUT2D eigenvalue weighted by Crippen LogP contribution is -2.35. The lowest BCUT2D eigenvalue weighted by atomic mass is 10.2. The molecule has 3 atom stereocenters. The van der Waals surface area contributed by atoms with Crippen molar-refractivity contribution >= 4 is 16.0 Å². The van der Waals surface area contributed by atoms with Crippen molar-refractivity contribution in [2.75, 3.05) is 17.9 Å². The van der Waals surface area contributed by atoms with E-state index in [9.17, 15) is 12.8 Å². The summed E-state index contributed by atoms with van der Waals surface area (Å²) in [4.78, 5) is 8.60. The van der Waals surface area contributed by atoms with Gasteiger partial charge in [-0.1, -0.05) is 0 Å². The maximum absolute atomic E-state index is 14.2. The van der Waals surface area contributed by atoms with E-state index in [1.165, 1.54) is 25.1 Å². The van der Waals surface area contributed by atoms with Crippen LogP contribution in [0.25, 0.3) is 11.4 Å². The van der Waals surface area contributed by atoms with Gasteiger partial charge in [0.2, 0.25) is 16.0 Å². The van der Waals surface area contributed by atoms with Crippen molar-refractivity contribution in [2.45, 2.75) is 71.1 Å². The van der Waals surface area contributed by atoms with Crippen molar-refractivity contribution in [3.05, 3.63) is 47.8 Å². The van der Waals surface area contributed by atoms with Gasteiger partial charge in [-0.15, -0.1) is 10.2 Å². The van der Waals surface area contributed by atoms with Crippen LogP contribution in [0, 0.1) is 12.7 Å². The molecule has 13 heteroatoms. The molecule has 1 aliphatic rings. The number of benzene rings is 1. The van der Waals surface area contributed by atoms with E-state index in [-0.39, 0.29) is 43.0 Å². The number of nitrogens with zero attached hydrogens (tertiary/aromatic N) is 5. The third-order valence-electron chi connectivity index (χ3n) is 5.92. The standard InChI is InChI=1S/C25H33FN6O5S/c1-14(2)35-12-19-13-36-21-8-7-18(26)9-20(21)24-29-30-25(32(19)24)31-38(33,34)17(6)22(37-15(3)4)23-27-10-16(5)11-28-23/h7-11,14-15,17,19,22H,12-13H2,1-6H3,(H,30,31)/t17-,19+,22+/m0/s1. The highest BCUT2D eigenvalue weighted by Gasteiger charge is 2.37. The highest BCUT2D eigenvalue weighted by molar-refractivity contribution is 7.93. The molecule has 0 unspecified atom stereocenters. The molecule has 1 N–H and O–H groups in total. The molecule has 1 aliphatic heterocycles. The average molecular weight is 549 g/mol. The Hall–Kier alpha value is -3.16. The molecule has 2 aromatic heterocycles. The SMILES string of the molecule is Cc1cnc([C@H](OC(C)C)[C@H](C)S(=O)(=O)Nc2nnc3n2[C@H](COC(C)C)COc2ccc(F)cc2-3)nc1. The van der Waals surface area contributed by atoms with E-state index in [0.717, 1.165) is 5.56 Å². The second kappa shape index (κ2) is 11.3. The van der Waals surface area contributed by atoms with Crippen molar-refractivity contribution in [3.63, 3.8) is 0 Å². The minimum atomic E-state index is -4.11. The first-order chi connectivity index (χ1) is 18.0. The Morgan fingerprint density at radius 1 is 1.13 bits per heavy atom. The lowest BCUT2D eigenvalue weighted by Gasteiger charge is -2.26. The minimum Gasteiger partial charge on any atom is -0.491 e. The van der Waals surface area contributed by atoms with Gasteiger partial charge in [0.05, 0.1) is 30.4 Å². The fourth-order valence-electron chi connectivity index (χ4n) is 3.99. The van der Waals surface area contributed by atoms with Crippen LogP contribution in [-0.2, 0) is 19.5 Å². The first kappa shape index (κ1) is 27.9. The number of halogens is 1. The van der Waals surface area contributed by atoms with Crippen LogP contribution < -0.4 is 9.46 Å². The zero-order valence-electron chi connectivity index (χ0n) is 22.3. The summed E-state index contributed by atoms with van der Waals surface area (Å²) in [5.41, 5.74) is 1.20. The quantitative estimate of drug-likeness (QED) is 0.402. The second-order valence-corrected chi connectivity index (χ2v) is 11.8. The average Bonchev–Trinajstić information content (AvgIpc) is 3.18. The van der Waals surface area contributed by atoms with Crippen LogP contribution in [0.2, 0.25) is 0 Å². The molecule has 0 saturated heterocycles. The number of anilines is 1. The van der Waals surface area contributed by atoms with Crippen LogP contribution in [0.1, 0.15) is 58.2 Å². The smallest absolute Gasteiger partial charge is 0.240 e. The first-order valence-corrected chi connectivity index (χ1v) is 14.0.